The van der Waals surface area contributed by atoms with Crippen molar-refractivity contribution in [2.75, 3.05) is 9.80 Å². The molecule has 0 aliphatic rings. The van der Waals surface area contributed by atoms with Crippen LogP contribution in [0.3, 0.4) is 0 Å². The summed E-state index contributed by atoms with van der Waals surface area (Å²) in [5.41, 5.74) is 7.74. The van der Waals surface area contributed by atoms with Crippen LogP contribution < -0.4 is 9.80 Å². The summed E-state index contributed by atoms with van der Waals surface area (Å²) in [6.45, 7) is 3.38. The number of benzene rings is 6. The first kappa shape index (κ1) is 25.5. The molecule has 0 atom stereocenters. The van der Waals surface area contributed by atoms with Gasteiger partial charge in [-0.2, -0.15) is 0 Å². The highest BCUT2D eigenvalue weighted by molar-refractivity contribution is 6.02. The number of fused-ring (bicyclic) bond motifs is 1. The van der Waals surface area contributed by atoms with Crippen molar-refractivity contribution in [3.63, 3.8) is 0 Å². The Bertz CT molecular complexity index is 1420. The van der Waals surface area contributed by atoms with Gasteiger partial charge in [0, 0.05) is 48.3 Å². The van der Waals surface area contributed by atoms with Crippen molar-refractivity contribution in [3.8, 4) is 0 Å². The monoisotopic (exact) mass is 518 g/mol. The van der Waals surface area contributed by atoms with Gasteiger partial charge < -0.3 is 9.80 Å². The van der Waals surface area contributed by atoms with E-state index < -0.39 is 0 Å². The third-order valence-corrected chi connectivity index (χ3v) is 7.42. The molecular weight excluding hydrogens is 484 g/mol. The van der Waals surface area contributed by atoms with Crippen LogP contribution in [0.5, 0.6) is 0 Å². The molecule has 0 bridgehead atoms. The van der Waals surface area contributed by atoms with Gasteiger partial charge in [0.1, 0.15) is 0 Å². The third-order valence-electron chi connectivity index (χ3n) is 7.42. The molecule has 6 rings (SSSR count). The maximum atomic E-state index is 2.51. The normalized spacial score (nSPS) is 10.9. The van der Waals surface area contributed by atoms with E-state index in [0.717, 1.165) is 26.2 Å². The van der Waals surface area contributed by atoms with E-state index in [1.165, 1.54) is 44.4 Å². The van der Waals surface area contributed by atoms with E-state index in [2.05, 4.69) is 168 Å². The van der Waals surface area contributed by atoms with Crippen LogP contribution in [-0.4, -0.2) is 0 Å². The van der Waals surface area contributed by atoms with Crippen LogP contribution in [0.4, 0.5) is 11.4 Å². The van der Waals surface area contributed by atoms with E-state index in [4.69, 9.17) is 0 Å². The number of rotatable bonds is 10. The SMILES string of the molecule is c1ccc(CN(Cc2ccccc2)c2cccc3c(N(Cc4ccccc4)Cc4ccccc4)cccc23)cc1. The molecule has 196 valence electrons. The van der Waals surface area contributed by atoms with Crippen LogP contribution in [0, 0.1) is 0 Å². The fraction of sp³-hybridized carbons (Fsp3) is 0.105. The summed E-state index contributed by atoms with van der Waals surface area (Å²) in [6.07, 6.45) is 0. The van der Waals surface area contributed by atoms with Gasteiger partial charge in [-0.25, -0.2) is 0 Å². The van der Waals surface area contributed by atoms with Gasteiger partial charge >= 0.3 is 0 Å². The Kier molecular flexibility index (Phi) is 7.87. The van der Waals surface area contributed by atoms with Gasteiger partial charge in [0.25, 0.3) is 0 Å². The van der Waals surface area contributed by atoms with Gasteiger partial charge in [0.15, 0.2) is 0 Å². The number of hydrogen-bond acceptors (Lipinski definition) is 2. The molecule has 0 aromatic heterocycles. The number of anilines is 2. The summed E-state index contributed by atoms with van der Waals surface area (Å²) in [4.78, 5) is 5.02. The van der Waals surface area contributed by atoms with Crippen LogP contribution in [0.25, 0.3) is 10.8 Å². The maximum absolute atomic E-state index is 2.51. The Hall–Kier alpha value is -4.82. The first-order valence-electron chi connectivity index (χ1n) is 14.0. The Balaban J connectivity index is 1.43. The predicted octanol–water partition coefficient (Wildman–Crippen LogP) is 9.25. The van der Waals surface area contributed by atoms with Crippen LogP contribution >= 0.6 is 0 Å². The molecule has 0 fully saturated rings. The quantitative estimate of drug-likeness (QED) is 0.178. The van der Waals surface area contributed by atoms with E-state index in [9.17, 15) is 0 Å². The van der Waals surface area contributed by atoms with Crippen molar-refractivity contribution in [2.45, 2.75) is 26.2 Å². The molecule has 0 unspecified atom stereocenters. The molecule has 0 amide bonds. The minimum atomic E-state index is 0.844. The lowest BCUT2D eigenvalue weighted by Crippen LogP contribution is -2.23. The van der Waals surface area contributed by atoms with Gasteiger partial charge in [0.2, 0.25) is 0 Å². The Morgan fingerprint density at radius 3 is 0.825 bits per heavy atom. The molecule has 0 saturated carbocycles. The summed E-state index contributed by atoms with van der Waals surface area (Å²) < 4.78 is 0. The van der Waals surface area contributed by atoms with Crippen LogP contribution in [0.2, 0.25) is 0 Å². The fourth-order valence-corrected chi connectivity index (χ4v) is 5.50. The first-order valence-corrected chi connectivity index (χ1v) is 14.0. The highest BCUT2D eigenvalue weighted by Gasteiger charge is 2.17. The van der Waals surface area contributed by atoms with E-state index >= 15 is 0 Å². The maximum Gasteiger partial charge on any atom is 0.0452 e. The lowest BCUT2D eigenvalue weighted by molar-refractivity contribution is 0.800. The van der Waals surface area contributed by atoms with Crippen LogP contribution in [0.1, 0.15) is 22.3 Å². The number of nitrogens with zero attached hydrogens (tertiary/aromatic N) is 2. The Morgan fingerprint density at radius 1 is 0.275 bits per heavy atom. The molecule has 0 saturated heterocycles. The fourth-order valence-electron chi connectivity index (χ4n) is 5.50. The smallest absolute Gasteiger partial charge is 0.0452 e. The van der Waals surface area contributed by atoms with Crippen LogP contribution in [-0.2, 0) is 26.2 Å². The zero-order chi connectivity index (χ0) is 27.0. The highest BCUT2D eigenvalue weighted by atomic mass is 15.1. The van der Waals surface area contributed by atoms with E-state index in [0.29, 0.717) is 0 Å². The van der Waals surface area contributed by atoms with E-state index in [-0.39, 0.29) is 0 Å². The largest absolute Gasteiger partial charge is 0.362 e. The van der Waals surface area contributed by atoms with Crippen molar-refractivity contribution in [3.05, 3.63) is 180 Å². The topological polar surface area (TPSA) is 6.48 Å². The minimum Gasteiger partial charge on any atom is -0.362 e. The molecule has 2 heteroatoms. The second kappa shape index (κ2) is 12.4. The molecule has 6 aromatic carbocycles. The summed E-state index contributed by atoms with van der Waals surface area (Å²) >= 11 is 0. The van der Waals surface area contributed by atoms with Gasteiger partial charge in [-0.3, -0.25) is 0 Å². The number of hydrogen-bond donors (Lipinski definition) is 0. The zero-order valence-electron chi connectivity index (χ0n) is 22.7. The molecule has 6 aromatic rings. The minimum absolute atomic E-state index is 0.844. The Labute approximate surface area is 237 Å². The van der Waals surface area contributed by atoms with Crippen molar-refractivity contribution < 1.29 is 0 Å². The van der Waals surface area contributed by atoms with Gasteiger partial charge in [0.05, 0.1) is 0 Å². The summed E-state index contributed by atoms with van der Waals surface area (Å²) in [6, 6.07) is 56.6. The van der Waals surface area contributed by atoms with Crippen molar-refractivity contribution in [2.24, 2.45) is 0 Å². The van der Waals surface area contributed by atoms with E-state index in [1.807, 2.05) is 0 Å². The zero-order valence-corrected chi connectivity index (χ0v) is 22.7. The summed E-state index contributed by atoms with van der Waals surface area (Å²) in [7, 11) is 0. The van der Waals surface area contributed by atoms with Crippen molar-refractivity contribution in [1.82, 2.24) is 0 Å². The van der Waals surface area contributed by atoms with Crippen molar-refractivity contribution >= 4 is 22.1 Å². The predicted molar refractivity (Wildman–Crippen MR) is 169 cm³/mol. The standard InChI is InChI=1S/C38H34N2/c1-5-15-31(16-6-1)27-39(28-32-17-7-2-8-18-32)37-25-13-24-36-35(37)23-14-26-38(36)40(29-33-19-9-3-10-20-33)30-34-21-11-4-12-22-34/h1-26H,27-30H2. The molecule has 0 aliphatic carbocycles. The molecule has 0 N–H and O–H groups in total. The van der Waals surface area contributed by atoms with Crippen molar-refractivity contribution in [1.29, 1.82) is 0 Å². The molecule has 2 nitrogen and oxygen atoms in total. The van der Waals surface area contributed by atoms with E-state index in [1.54, 1.807) is 0 Å². The molecular formula is C38H34N2. The highest BCUT2D eigenvalue weighted by Crippen LogP contribution is 2.36. The second-order valence-corrected chi connectivity index (χ2v) is 10.3. The van der Waals surface area contributed by atoms with Gasteiger partial charge in [-0.1, -0.05) is 146 Å². The second-order valence-electron chi connectivity index (χ2n) is 10.3. The van der Waals surface area contributed by atoms with Gasteiger partial charge in [-0.15, -0.1) is 0 Å². The molecule has 0 aliphatic heterocycles. The average Bonchev–Trinajstić information content (AvgIpc) is 3.02. The molecule has 0 heterocycles. The lowest BCUT2D eigenvalue weighted by Gasteiger charge is -2.30. The lowest BCUT2D eigenvalue weighted by atomic mass is 10.0. The van der Waals surface area contributed by atoms with Gasteiger partial charge in [-0.05, 0) is 34.4 Å². The summed E-state index contributed by atoms with van der Waals surface area (Å²) in [5.74, 6) is 0. The first-order chi connectivity index (χ1) is 19.8. The molecule has 0 spiro atoms. The third kappa shape index (κ3) is 6.08. The summed E-state index contributed by atoms with van der Waals surface area (Å²) in [5, 5.41) is 2.55. The van der Waals surface area contributed by atoms with Crippen LogP contribution in [0.15, 0.2) is 158 Å². The molecule has 40 heavy (non-hydrogen) atoms. The Morgan fingerprint density at radius 2 is 0.550 bits per heavy atom. The average molecular weight is 519 g/mol. The molecule has 0 radical (unpaired) electrons.